The number of rotatable bonds is 2. The molecule has 0 saturated heterocycles. The number of nitrogens with one attached hydrogen (secondary N) is 1. The molecule has 3 rings (SSSR count). The number of nitrogens with zero attached hydrogens (tertiary/aromatic N) is 1. The molecular formula is C11H12N2O. The summed E-state index contributed by atoms with van der Waals surface area (Å²) >= 11 is 0. The first-order valence-corrected chi connectivity index (χ1v) is 5.01. The average Bonchev–Trinajstić information content (AvgIpc) is 2.88. The van der Waals surface area contributed by atoms with Crippen LogP contribution >= 0.6 is 0 Å². The number of fused-ring (bicyclic) bond motifs is 1. The Morgan fingerprint density at radius 2 is 2.29 bits per heavy atom. The van der Waals surface area contributed by atoms with Gasteiger partial charge in [-0.15, -0.1) is 0 Å². The van der Waals surface area contributed by atoms with E-state index in [9.17, 15) is 4.79 Å². The number of hydrogen-bond donors (Lipinski definition) is 1. The van der Waals surface area contributed by atoms with Gasteiger partial charge in [0.25, 0.3) is 5.56 Å². The van der Waals surface area contributed by atoms with E-state index in [1.54, 1.807) is 6.20 Å². The van der Waals surface area contributed by atoms with Crippen molar-refractivity contribution in [3.63, 3.8) is 0 Å². The SMILES string of the molecule is O=c1[nH]ccc2ccn(CC3CC3)c12. The van der Waals surface area contributed by atoms with E-state index < -0.39 is 0 Å². The molecule has 2 aromatic rings. The predicted octanol–water partition coefficient (Wildman–Crippen LogP) is 1.74. The van der Waals surface area contributed by atoms with E-state index in [0.29, 0.717) is 0 Å². The van der Waals surface area contributed by atoms with Crippen LogP contribution < -0.4 is 5.56 Å². The first-order valence-electron chi connectivity index (χ1n) is 5.01. The van der Waals surface area contributed by atoms with Crippen molar-refractivity contribution in [2.75, 3.05) is 0 Å². The Morgan fingerprint density at radius 1 is 1.43 bits per heavy atom. The van der Waals surface area contributed by atoms with Crippen LogP contribution in [-0.4, -0.2) is 9.55 Å². The van der Waals surface area contributed by atoms with E-state index in [-0.39, 0.29) is 5.56 Å². The molecule has 0 amide bonds. The van der Waals surface area contributed by atoms with Crippen molar-refractivity contribution < 1.29 is 0 Å². The molecule has 14 heavy (non-hydrogen) atoms. The van der Waals surface area contributed by atoms with Crippen LogP contribution in [0.5, 0.6) is 0 Å². The van der Waals surface area contributed by atoms with Gasteiger partial charge in [0.15, 0.2) is 0 Å². The lowest BCUT2D eigenvalue weighted by Crippen LogP contribution is -2.10. The lowest BCUT2D eigenvalue weighted by Gasteiger charge is -2.01. The Morgan fingerprint density at radius 3 is 3.07 bits per heavy atom. The Balaban J connectivity index is 2.18. The lowest BCUT2D eigenvalue weighted by atomic mass is 10.3. The van der Waals surface area contributed by atoms with E-state index >= 15 is 0 Å². The predicted molar refractivity (Wildman–Crippen MR) is 55.3 cm³/mol. The van der Waals surface area contributed by atoms with Gasteiger partial charge in [-0.05, 0) is 30.9 Å². The highest BCUT2D eigenvalue weighted by Crippen LogP contribution is 2.31. The topological polar surface area (TPSA) is 37.8 Å². The first kappa shape index (κ1) is 7.85. The fraction of sp³-hybridized carbons (Fsp3) is 0.364. The number of H-pyrrole nitrogens is 1. The molecule has 2 aromatic heterocycles. The molecule has 0 unspecified atom stereocenters. The second-order valence-electron chi connectivity index (χ2n) is 4.02. The van der Waals surface area contributed by atoms with Crippen molar-refractivity contribution in [2.45, 2.75) is 19.4 Å². The summed E-state index contributed by atoms with van der Waals surface area (Å²) in [4.78, 5) is 14.3. The monoisotopic (exact) mass is 188 g/mol. The van der Waals surface area contributed by atoms with Crippen LogP contribution in [0.25, 0.3) is 10.9 Å². The van der Waals surface area contributed by atoms with Crippen LogP contribution in [0.1, 0.15) is 12.8 Å². The Labute approximate surface area is 81.4 Å². The zero-order valence-corrected chi connectivity index (χ0v) is 7.86. The second kappa shape index (κ2) is 2.74. The van der Waals surface area contributed by atoms with Crippen LogP contribution in [0, 0.1) is 5.92 Å². The summed E-state index contributed by atoms with van der Waals surface area (Å²) in [5.74, 6) is 0.796. The molecule has 1 fully saturated rings. The molecule has 1 saturated carbocycles. The molecule has 1 aliphatic rings. The standard InChI is InChI=1S/C11H12N2O/c14-11-10-9(3-5-12-11)4-6-13(10)7-8-1-2-8/h3-6,8H,1-2,7H2,(H,12,14). The molecule has 0 bridgehead atoms. The maximum absolute atomic E-state index is 11.6. The van der Waals surface area contributed by atoms with Gasteiger partial charge in [-0.3, -0.25) is 4.79 Å². The van der Waals surface area contributed by atoms with Crippen molar-refractivity contribution in [3.8, 4) is 0 Å². The molecule has 0 atom stereocenters. The molecule has 3 heteroatoms. The Hall–Kier alpha value is -1.51. The highest BCUT2D eigenvalue weighted by molar-refractivity contribution is 5.78. The van der Waals surface area contributed by atoms with Crippen LogP contribution in [-0.2, 0) is 6.54 Å². The van der Waals surface area contributed by atoms with Gasteiger partial charge in [0.1, 0.15) is 5.52 Å². The summed E-state index contributed by atoms with van der Waals surface area (Å²) in [7, 11) is 0. The van der Waals surface area contributed by atoms with Gasteiger partial charge in [0, 0.05) is 24.3 Å². The van der Waals surface area contributed by atoms with Crippen molar-refractivity contribution in [2.24, 2.45) is 5.92 Å². The summed E-state index contributed by atoms with van der Waals surface area (Å²) in [5.41, 5.74) is 0.840. The minimum absolute atomic E-state index is 0.0214. The van der Waals surface area contributed by atoms with Crippen LogP contribution in [0.15, 0.2) is 29.3 Å². The van der Waals surface area contributed by atoms with Crippen molar-refractivity contribution in [1.29, 1.82) is 0 Å². The number of aromatic nitrogens is 2. The van der Waals surface area contributed by atoms with Crippen LogP contribution in [0.2, 0.25) is 0 Å². The maximum atomic E-state index is 11.6. The molecule has 1 aliphatic carbocycles. The van der Waals surface area contributed by atoms with Crippen molar-refractivity contribution in [1.82, 2.24) is 9.55 Å². The van der Waals surface area contributed by atoms with Gasteiger partial charge >= 0.3 is 0 Å². The fourth-order valence-corrected chi connectivity index (χ4v) is 1.89. The molecule has 2 heterocycles. The Bertz CT molecular complexity index is 519. The van der Waals surface area contributed by atoms with Crippen LogP contribution in [0.3, 0.4) is 0 Å². The third kappa shape index (κ3) is 1.16. The summed E-state index contributed by atoms with van der Waals surface area (Å²) < 4.78 is 2.08. The molecule has 0 radical (unpaired) electrons. The third-order valence-corrected chi connectivity index (χ3v) is 2.84. The van der Waals surface area contributed by atoms with Gasteiger partial charge < -0.3 is 9.55 Å². The van der Waals surface area contributed by atoms with E-state index in [4.69, 9.17) is 0 Å². The minimum atomic E-state index is 0.0214. The zero-order valence-electron chi connectivity index (χ0n) is 7.86. The molecule has 1 N–H and O–H groups in total. The second-order valence-corrected chi connectivity index (χ2v) is 4.02. The molecule has 0 aromatic carbocycles. The highest BCUT2D eigenvalue weighted by Gasteiger charge is 2.22. The maximum Gasteiger partial charge on any atom is 0.272 e. The summed E-state index contributed by atoms with van der Waals surface area (Å²) in [6.07, 6.45) is 6.33. The lowest BCUT2D eigenvalue weighted by molar-refractivity contribution is 0.645. The number of pyridine rings is 1. The molecule has 3 nitrogen and oxygen atoms in total. The van der Waals surface area contributed by atoms with Gasteiger partial charge in [-0.25, -0.2) is 0 Å². The van der Waals surface area contributed by atoms with E-state index in [1.165, 1.54) is 12.8 Å². The first-order chi connectivity index (χ1) is 6.84. The smallest absolute Gasteiger partial charge is 0.272 e. The van der Waals surface area contributed by atoms with Crippen molar-refractivity contribution in [3.05, 3.63) is 34.9 Å². The normalized spacial score (nSPS) is 16.3. The van der Waals surface area contributed by atoms with Gasteiger partial charge in [-0.1, -0.05) is 0 Å². The molecular weight excluding hydrogens is 176 g/mol. The molecule has 72 valence electrons. The largest absolute Gasteiger partial charge is 0.343 e. The molecule has 0 spiro atoms. The van der Waals surface area contributed by atoms with Gasteiger partial charge in [0.05, 0.1) is 0 Å². The van der Waals surface area contributed by atoms with Crippen LogP contribution in [0.4, 0.5) is 0 Å². The average molecular weight is 188 g/mol. The van der Waals surface area contributed by atoms with Gasteiger partial charge in [-0.2, -0.15) is 0 Å². The van der Waals surface area contributed by atoms with E-state index in [1.807, 2.05) is 18.3 Å². The zero-order chi connectivity index (χ0) is 9.54. The number of aromatic amines is 1. The van der Waals surface area contributed by atoms with Crippen molar-refractivity contribution >= 4 is 10.9 Å². The van der Waals surface area contributed by atoms with E-state index in [2.05, 4.69) is 9.55 Å². The van der Waals surface area contributed by atoms with E-state index in [0.717, 1.165) is 23.4 Å². The number of hydrogen-bond acceptors (Lipinski definition) is 1. The summed E-state index contributed by atoms with van der Waals surface area (Å²) in [5, 5.41) is 1.04. The third-order valence-electron chi connectivity index (χ3n) is 2.84. The van der Waals surface area contributed by atoms with Gasteiger partial charge in [0.2, 0.25) is 0 Å². The molecule has 0 aliphatic heterocycles. The highest BCUT2D eigenvalue weighted by atomic mass is 16.1. The minimum Gasteiger partial charge on any atom is -0.343 e. The fourth-order valence-electron chi connectivity index (χ4n) is 1.89. The quantitative estimate of drug-likeness (QED) is 0.765. The summed E-state index contributed by atoms with van der Waals surface area (Å²) in [6.45, 7) is 0.997. The Kier molecular flexibility index (Phi) is 1.54. The summed E-state index contributed by atoms with van der Waals surface area (Å²) in [6, 6.07) is 3.95.